The molecule has 0 unspecified atom stereocenters. The SMILES string of the molecule is Cc1ccccc1C(=O)C(=O)[O-].[H+]. The average molecular weight is 164 g/mol. The predicted molar refractivity (Wildman–Crippen MR) is 41.6 cm³/mol. The van der Waals surface area contributed by atoms with Crippen molar-refractivity contribution in [3.05, 3.63) is 35.4 Å². The summed E-state index contributed by atoms with van der Waals surface area (Å²) in [4.78, 5) is 21.1. The van der Waals surface area contributed by atoms with E-state index in [1.807, 2.05) is 0 Å². The lowest BCUT2D eigenvalue weighted by Crippen LogP contribution is -2.31. The van der Waals surface area contributed by atoms with Crippen LogP contribution in [0.2, 0.25) is 0 Å². The highest BCUT2D eigenvalue weighted by Gasteiger charge is 2.07. The molecule has 0 spiro atoms. The number of aliphatic carboxylic acids is 1. The summed E-state index contributed by atoms with van der Waals surface area (Å²) in [6.45, 7) is 1.68. The highest BCUT2D eigenvalue weighted by molar-refractivity contribution is 6.39. The van der Waals surface area contributed by atoms with Gasteiger partial charge in [0.05, 0.1) is 0 Å². The third kappa shape index (κ3) is 1.50. The van der Waals surface area contributed by atoms with E-state index in [9.17, 15) is 14.7 Å². The van der Waals surface area contributed by atoms with E-state index in [1.165, 1.54) is 6.07 Å². The second-order valence-electron chi connectivity index (χ2n) is 2.43. The van der Waals surface area contributed by atoms with Crippen molar-refractivity contribution in [1.29, 1.82) is 0 Å². The predicted octanol–water partition coefficient (Wildman–Crippen LogP) is 0.0401. The van der Waals surface area contributed by atoms with Gasteiger partial charge in [-0.05, 0) is 12.5 Å². The lowest BCUT2D eigenvalue weighted by molar-refractivity contribution is -0.296. The van der Waals surface area contributed by atoms with Gasteiger partial charge < -0.3 is 9.90 Å². The van der Waals surface area contributed by atoms with Crippen LogP contribution in [0, 0.1) is 6.92 Å². The van der Waals surface area contributed by atoms with Crippen molar-refractivity contribution < 1.29 is 16.1 Å². The zero-order chi connectivity index (χ0) is 9.14. The minimum atomic E-state index is -1.66. The number of hydrogen-bond acceptors (Lipinski definition) is 3. The van der Waals surface area contributed by atoms with E-state index in [0.29, 0.717) is 5.56 Å². The van der Waals surface area contributed by atoms with Crippen LogP contribution in [0.5, 0.6) is 0 Å². The molecule has 0 radical (unpaired) electrons. The standard InChI is InChI=1S/C9H8O3/c1-6-4-2-3-5-7(6)8(10)9(11)12/h2-5H,1H3,(H,11,12). The smallest absolute Gasteiger partial charge is 0.541 e. The minimum absolute atomic E-state index is 0. The second kappa shape index (κ2) is 3.17. The molecule has 3 heteroatoms. The Hall–Kier alpha value is -1.64. The molecule has 1 aromatic rings. The molecule has 0 aliphatic rings. The molecule has 0 saturated carbocycles. The zero-order valence-electron chi connectivity index (χ0n) is 7.53. The number of carbonyl (C=O) groups excluding carboxylic acids is 2. The van der Waals surface area contributed by atoms with Gasteiger partial charge in [-0.25, -0.2) is 0 Å². The van der Waals surface area contributed by atoms with Crippen LogP contribution in [0.15, 0.2) is 24.3 Å². The molecule has 0 aliphatic carbocycles. The highest BCUT2D eigenvalue weighted by Crippen LogP contribution is 2.06. The van der Waals surface area contributed by atoms with Crippen molar-refractivity contribution in [2.75, 3.05) is 0 Å². The lowest BCUT2D eigenvalue weighted by atomic mass is 10.1. The first-order valence-corrected chi connectivity index (χ1v) is 3.44. The molecular formula is C9H8O3. The van der Waals surface area contributed by atoms with Crippen LogP contribution in [-0.2, 0) is 4.79 Å². The number of carbonyl (C=O) groups is 2. The van der Waals surface area contributed by atoms with E-state index in [0.717, 1.165) is 0 Å². The highest BCUT2D eigenvalue weighted by atomic mass is 16.4. The van der Waals surface area contributed by atoms with Crippen molar-refractivity contribution in [3.63, 3.8) is 0 Å². The maximum atomic E-state index is 10.9. The molecule has 0 aliphatic heterocycles. The number of Topliss-reactive ketones (excluding diaryl/α,β-unsaturated/α-hetero) is 1. The second-order valence-corrected chi connectivity index (χ2v) is 2.43. The van der Waals surface area contributed by atoms with Crippen LogP contribution < -0.4 is 5.11 Å². The number of hydrogen-bond donors (Lipinski definition) is 0. The maximum Gasteiger partial charge on any atom is 1.00 e. The first-order valence-electron chi connectivity index (χ1n) is 3.44. The molecule has 62 valence electrons. The fourth-order valence-electron chi connectivity index (χ4n) is 0.938. The Balaban J connectivity index is 0.00000144. The summed E-state index contributed by atoms with van der Waals surface area (Å²) < 4.78 is 0. The Morgan fingerprint density at radius 1 is 1.33 bits per heavy atom. The van der Waals surface area contributed by atoms with Gasteiger partial charge in [-0.2, -0.15) is 0 Å². The molecule has 3 nitrogen and oxygen atoms in total. The van der Waals surface area contributed by atoms with Crippen LogP contribution in [-0.4, -0.2) is 11.8 Å². The molecule has 0 bridgehead atoms. The molecular weight excluding hydrogens is 156 g/mol. The molecule has 0 atom stereocenters. The molecule has 1 rings (SSSR count). The molecule has 1 aromatic carbocycles. The number of rotatable bonds is 2. The number of carboxylic acid groups (broad SMARTS) is 1. The summed E-state index contributed by atoms with van der Waals surface area (Å²) in [5.74, 6) is -2.63. The topological polar surface area (TPSA) is 57.2 Å². The van der Waals surface area contributed by atoms with Gasteiger partial charge in [-0.1, -0.05) is 24.3 Å². The summed E-state index contributed by atoms with van der Waals surface area (Å²) >= 11 is 0. The summed E-state index contributed by atoms with van der Waals surface area (Å²) in [6.07, 6.45) is 0. The largest absolute Gasteiger partial charge is 1.00 e. The van der Waals surface area contributed by atoms with E-state index in [-0.39, 0.29) is 6.99 Å². The number of ketones is 1. The van der Waals surface area contributed by atoms with Gasteiger partial charge in [-0.15, -0.1) is 0 Å². The van der Waals surface area contributed by atoms with E-state index in [1.54, 1.807) is 25.1 Å². The van der Waals surface area contributed by atoms with E-state index >= 15 is 0 Å². The maximum absolute atomic E-state index is 10.9. The van der Waals surface area contributed by atoms with Crippen molar-refractivity contribution in [1.82, 2.24) is 0 Å². The van der Waals surface area contributed by atoms with Crippen molar-refractivity contribution in [2.45, 2.75) is 6.92 Å². The van der Waals surface area contributed by atoms with Gasteiger partial charge in [0, 0.05) is 5.56 Å². The summed E-state index contributed by atoms with van der Waals surface area (Å²) in [6, 6.07) is 6.49. The first kappa shape index (κ1) is 8.46. The first-order chi connectivity index (χ1) is 5.63. The molecule has 0 aromatic heterocycles. The number of carboxylic acids is 1. The lowest BCUT2D eigenvalue weighted by Gasteiger charge is -2.03. The van der Waals surface area contributed by atoms with Crippen LogP contribution in [0.25, 0.3) is 0 Å². The van der Waals surface area contributed by atoms with Gasteiger partial charge in [0.15, 0.2) is 0 Å². The van der Waals surface area contributed by atoms with Gasteiger partial charge in [-0.3, -0.25) is 4.79 Å². The summed E-state index contributed by atoms with van der Waals surface area (Å²) in [5, 5.41) is 10.2. The summed E-state index contributed by atoms with van der Waals surface area (Å²) in [7, 11) is 0. The molecule has 0 heterocycles. The van der Waals surface area contributed by atoms with Crippen LogP contribution in [0.3, 0.4) is 0 Å². The van der Waals surface area contributed by atoms with E-state index in [2.05, 4.69) is 0 Å². The van der Waals surface area contributed by atoms with E-state index < -0.39 is 11.8 Å². The molecule has 0 saturated heterocycles. The monoisotopic (exact) mass is 164 g/mol. The van der Waals surface area contributed by atoms with Gasteiger partial charge in [0.25, 0.3) is 0 Å². The Morgan fingerprint density at radius 3 is 2.42 bits per heavy atom. The Labute approximate surface area is 71.1 Å². The molecule has 0 N–H and O–H groups in total. The zero-order valence-corrected chi connectivity index (χ0v) is 6.53. The van der Waals surface area contributed by atoms with Crippen molar-refractivity contribution in [2.24, 2.45) is 0 Å². The Morgan fingerprint density at radius 2 is 1.92 bits per heavy atom. The average Bonchev–Trinajstić information content (AvgIpc) is 2.04. The Bertz CT molecular complexity index is 333. The fraction of sp³-hybridized carbons (Fsp3) is 0.111. The third-order valence-corrected chi connectivity index (χ3v) is 1.58. The van der Waals surface area contributed by atoms with E-state index in [4.69, 9.17) is 0 Å². The molecule has 12 heavy (non-hydrogen) atoms. The van der Waals surface area contributed by atoms with Gasteiger partial charge in [0.1, 0.15) is 5.97 Å². The third-order valence-electron chi connectivity index (χ3n) is 1.58. The quantitative estimate of drug-likeness (QED) is 0.458. The molecule has 0 fully saturated rings. The number of aryl methyl sites for hydroxylation is 1. The Kier molecular flexibility index (Phi) is 2.24. The molecule has 0 amide bonds. The van der Waals surface area contributed by atoms with Crippen LogP contribution >= 0.6 is 0 Å². The van der Waals surface area contributed by atoms with Gasteiger partial charge in [0.2, 0.25) is 5.78 Å². The van der Waals surface area contributed by atoms with Crippen molar-refractivity contribution in [3.8, 4) is 0 Å². The van der Waals surface area contributed by atoms with Crippen molar-refractivity contribution >= 4 is 11.8 Å². The van der Waals surface area contributed by atoms with Gasteiger partial charge >= 0.3 is 1.43 Å². The fourth-order valence-corrected chi connectivity index (χ4v) is 0.938. The minimum Gasteiger partial charge on any atom is -0.541 e. The van der Waals surface area contributed by atoms with Crippen LogP contribution in [0.4, 0.5) is 0 Å². The number of benzene rings is 1. The normalized spacial score (nSPS) is 9.42. The van der Waals surface area contributed by atoms with Crippen LogP contribution in [0.1, 0.15) is 17.3 Å². The summed E-state index contributed by atoms with van der Waals surface area (Å²) in [5.41, 5.74) is 0.837.